The average Bonchev–Trinajstić information content (AvgIpc) is 2.49. The normalized spacial score (nSPS) is 19.7. The van der Waals surface area contributed by atoms with E-state index in [4.69, 9.17) is 10.5 Å². The fraction of sp³-hybridized carbons (Fsp3) is 0.688. The molecule has 1 fully saturated rings. The molecule has 3 N–H and O–H groups in total. The predicted molar refractivity (Wildman–Crippen MR) is 82.6 cm³/mol. The van der Waals surface area contributed by atoms with Crippen LogP contribution in [0, 0.1) is 0 Å². The summed E-state index contributed by atoms with van der Waals surface area (Å²) in [6.45, 7) is 3.09. The van der Waals surface area contributed by atoms with E-state index in [2.05, 4.69) is 17.2 Å². The quantitative estimate of drug-likeness (QED) is 0.839. The van der Waals surface area contributed by atoms with Gasteiger partial charge in [0, 0.05) is 31.2 Å². The summed E-state index contributed by atoms with van der Waals surface area (Å²) >= 11 is 0. The van der Waals surface area contributed by atoms with Gasteiger partial charge in [-0.15, -0.1) is 0 Å². The lowest BCUT2D eigenvalue weighted by Crippen LogP contribution is -2.54. The molecule has 4 heteroatoms. The number of likely N-dealkylation sites (N-methyl/N-ethyl adjacent to an activating group) is 1. The molecule has 112 valence electrons. The molecule has 1 aliphatic carbocycles. The molecule has 0 spiro atoms. The number of anilines is 1. The molecule has 1 aliphatic rings. The van der Waals surface area contributed by atoms with Gasteiger partial charge in [-0.25, -0.2) is 0 Å². The van der Waals surface area contributed by atoms with Gasteiger partial charge in [-0.1, -0.05) is 26.2 Å². The molecule has 0 saturated heterocycles. The lowest BCUT2D eigenvalue weighted by atomic mass is 9.77. The van der Waals surface area contributed by atoms with Gasteiger partial charge < -0.3 is 15.8 Å². The Morgan fingerprint density at radius 2 is 2.15 bits per heavy atom. The monoisotopic (exact) mass is 277 g/mol. The minimum Gasteiger partial charge on any atom is -0.398 e. The molecular formula is C16H27N3O. The second-order valence-electron chi connectivity index (χ2n) is 5.72. The van der Waals surface area contributed by atoms with Crippen LogP contribution < -0.4 is 11.1 Å². The van der Waals surface area contributed by atoms with Crippen molar-refractivity contribution in [2.24, 2.45) is 0 Å². The Balaban J connectivity index is 2.19. The summed E-state index contributed by atoms with van der Waals surface area (Å²) < 4.78 is 5.98. The number of hydrogen-bond donors (Lipinski definition) is 2. The van der Waals surface area contributed by atoms with E-state index in [1.807, 2.05) is 19.4 Å². The van der Waals surface area contributed by atoms with Crippen molar-refractivity contribution < 1.29 is 4.74 Å². The first kappa shape index (κ1) is 15.3. The summed E-state index contributed by atoms with van der Waals surface area (Å²) in [5, 5.41) is 3.61. The maximum Gasteiger partial charge on any atom is 0.0834 e. The molecule has 20 heavy (non-hydrogen) atoms. The molecule has 0 amide bonds. The molecule has 1 heterocycles. The van der Waals surface area contributed by atoms with Crippen molar-refractivity contribution in [3.8, 4) is 0 Å². The molecule has 1 saturated carbocycles. The van der Waals surface area contributed by atoms with Crippen LogP contribution in [0.2, 0.25) is 0 Å². The van der Waals surface area contributed by atoms with Crippen molar-refractivity contribution in [1.29, 1.82) is 0 Å². The zero-order valence-electron chi connectivity index (χ0n) is 12.7. The number of aromatic nitrogens is 1. The Morgan fingerprint density at radius 3 is 2.75 bits per heavy atom. The third kappa shape index (κ3) is 3.30. The second kappa shape index (κ2) is 7.04. The number of nitrogen functional groups attached to an aromatic ring is 1. The fourth-order valence-electron chi connectivity index (χ4n) is 3.36. The van der Waals surface area contributed by atoms with Gasteiger partial charge in [0.05, 0.1) is 5.60 Å². The van der Waals surface area contributed by atoms with Crippen LogP contribution in [0.4, 0.5) is 5.69 Å². The maximum atomic E-state index is 6.07. The number of pyridine rings is 1. The van der Waals surface area contributed by atoms with Crippen LogP contribution in [-0.4, -0.2) is 30.3 Å². The number of ether oxygens (including phenoxy) is 1. The fourth-order valence-corrected chi connectivity index (χ4v) is 3.36. The van der Waals surface area contributed by atoms with E-state index in [1.165, 1.54) is 19.3 Å². The SMILES string of the molecule is CCNC(Cc1cnccc1N)C1(OC)CCCCC1. The number of rotatable bonds is 6. The van der Waals surface area contributed by atoms with Crippen LogP contribution in [0.3, 0.4) is 0 Å². The van der Waals surface area contributed by atoms with Crippen molar-refractivity contribution in [3.63, 3.8) is 0 Å². The summed E-state index contributed by atoms with van der Waals surface area (Å²) in [5.74, 6) is 0. The highest BCUT2D eigenvalue weighted by atomic mass is 16.5. The summed E-state index contributed by atoms with van der Waals surface area (Å²) in [4.78, 5) is 4.20. The molecule has 0 aromatic carbocycles. The van der Waals surface area contributed by atoms with E-state index < -0.39 is 0 Å². The second-order valence-corrected chi connectivity index (χ2v) is 5.72. The number of methoxy groups -OCH3 is 1. The van der Waals surface area contributed by atoms with Gasteiger partial charge in [0.15, 0.2) is 0 Å². The maximum absolute atomic E-state index is 6.07. The van der Waals surface area contributed by atoms with Crippen molar-refractivity contribution in [2.75, 3.05) is 19.4 Å². The minimum absolute atomic E-state index is 0.0590. The van der Waals surface area contributed by atoms with Crippen molar-refractivity contribution in [2.45, 2.75) is 57.1 Å². The first-order chi connectivity index (χ1) is 9.72. The predicted octanol–water partition coefficient (Wildman–Crippen LogP) is 2.53. The molecule has 0 bridgehead atoms. The smallest absolute Gasteiger partial charge is 0.0834 e. The van der Waals surface area contributed by atoms with Crippen LogP contribution in [0.5, 0.6) is 0 Å². The third-order valence-corrected chi connectivity index (χ3v) is 4.56. The van der Waals surface area contributed by atoms with Crippen LogP contribution >= 0.6 is 0 Å². The molecule has 1 aromatic heterocycles. The molecule has 2 rings (SSSR count). The van der Waals surface area contributed by atoms with Gasteiger partial charge in [0.2, 0.25) is 0 Å². The van der Waals surface area contributed by atoms with Gasteiger partial charge in [0.25, 0.3) is 0 Å². The van der Waals surface area contributed by atoms with E-state index in [0.29, 0.717) is 6.04 Å². The molecule has 1 unspecified atom stereocenters. The van der Waals surface area contributed by atoms with Gasteiger partial charge in [-0.05, 0) is 37.4 Å². The van der Waals surface area contributed by atoms with E-state index in [1.54, 1.807) is 6.20 Å². The Labute approximate surface area is 122 Å². The highest BCUT2D eigenvalue weighted by Crippen LogP contribution is 2.35. The topological polar surface area (TPSA) is 60.2 Å². The van der Waals surface area contributed by atoms with Gasteiger partial charge >= 0.3 is 0 Å². The molecule has 4 nitrogen and oxygen atoms in total. The molecule has 0 radical (unpaired) electrons. The van der Waals surface area contributed by atoms with Crippen LogP contribution in [0.1, 0.15) is 44.6 Å². The number of hydrogen-bond acceptors (Lipinski definition) is 4. The van der Waals surface area contributed by atoms with Crippen LogP contribution in [-0.2, 0) is 11.2 Å². The largest absolute Gasteiger partial charge is 0.398 e. The number of nitrogens with two attached hydrogens (primary N) is 1. The summed E-state index contributed by atoms with van der Waals surface area (Å²) in [6, 6.07) is 2.17. The van der Waals surface area contributed by atoms with Gasteiger partial charge in [-0.2, -0.15) is 0 Å². The van der Waals surface area contributed by atoms with Crippen molar-refractivity contribution in [1.82, 2.24) is 10.3 Å². The number of nitrogens with one attached hydrogen (secondary N) is 1. The van der Waals surface area contributed by atoms with E-state index in [-0.39, 0.29) is 5.60 Å². The van der Waals surface area contributed by atoms with Crippen LogP contribution in [0.15, 0.2) is 18.5 Å². The molecule has 1 aromatic rings. The lowest BCUT2D eigenvalue weighted by Gasteiger charge is -2.43. The molecule has 0 aliphatic heterocycles. The van der Waals surface area contributed by atoms with E-state index in [0.717, 1.165) is 37.1 Å². The lowest BCUT2D eigenvalue weighted by molar-refractivity contribution is -0.0669. The minimum atomic E-state index is -0.0590. The molecular weight excluding hydrogens is 250 g/mol. The summed E-state index contributed by atoms with van der Waals surface area (Å²) in [5.41, 5.74) is 7.95. The highest BCUT2D eigenvalue weighted by Gasteiger charge is 2.39. The van der Waals surface area contributed by atoms with Gasteiger partial charge in [-0.3, -0.25) is 4.98 Å². The first-order valence-electron chi connectivity index (χ1n) is 7.69. The van der Waals surface area contributed by atoms with Crippen LogP contribution in [0.25, 0.3) is 0 Å². The van der Waals surface area contributed by atoms with Crippen molar-refractivity contribution in [3.05, 3.63) is 24.0 Å². The standard InChI is InChI=1S/C16H27N3O/c1-3-19-15(11-13-12-18-10-7-14(13)17)16(20-2)8-5-4-6-9-16/h7,10,12,15,19H,3-6,8-9,11H2,1-2H3,(H2,17,18). The Hall–Kier alpha value is -1.13. The van der Waals surface area contributed by atoms with Crippen molar-refractivity contribution >= 4 is 5.69 Å². The Kier molecular flexibility index (Phi) is 5.38. The first-order valence-corrected chi connectivity index (χ1v) is 7.69. The molecule has 1 atom stereocenters. The van der Waals surface area contributed by atoms with E-state index >= 15 is 0 Å². The Bertz CT molecular complexity index is 416. The van der Waals surface area contributed by atoms with Gasteiger partial charge in [0.1, 0.15) is 0 Å². The third-order valence-electron chi connectivity index (χ3n) is 4.56. The summed E-state index contributed by atoms with van der Waals surface area (Å²) in [6.07, 6.45) is 10.6. The number of nitrogens with zero attached hydrogens (tertiary/aromatic N) is 1. The Morgan fingerprint density at radius 1 is 1.40 bits per heavy atom. The van der Waals surface area contributed by atoms with E-state index in [9.17, 15) is 0 Å². The summed E-state index contributed by atoms with van der Waals surface area (Å²) in [7, 11) is 1.85. The highest BCUT2D eigenvalue weighted by molar-refractivity contribution is 5.44. The zero-order valence-corrected chi connectivity index (χ0v) is 12.7. The zero-order chi connectivity index (χ0) is 14.4. The average molecular weight is 277 g/mol.